The number of benzene rings is 2. The van der Waals surface area contributed by atoms with Crippen molar-refractivity contribution in [1.29, 1.82) is 0 Å². The number of halogens is 1. The van der Waals surface area contributed by atoms with Crippen molar-refractivity contribution in [3.05, 3.63) is 52.5 Å². The third-order valence-electron chi connectivity index (χ3n) is 4.62. The molecule has 0 aromatic heterocycles. The van der Waals surface area contributed by atoms with Gasteiger partial charge in [-0.05, 0) is 61.3 Å². The van der Waals surface area contributed by atoms with E-state index >= 15 is 0 Å². The zero-order valence-electron chi connectivity index (χ0n) is 13.7. The number of fused-ring (bicyclic) bond motifs is 1. The number of rotatable bonds is 4. The van der Waals surface area contributed by atoms with E-state index in [1.807, 2.05) is 36.4 Å². The number of hydrogen-bond donors (Lipinski definition) is 1. The lowest BCUT2D eigenvalue weighted by Gasteiger charge is -2.24. The van der Waals surface area contributed by atoms with E-state index in [0.717, 1.165) is 41.0 Å². The van der Waals surface area contributed by atoms with E-state index in [1.165, 1.54) is 5.56 Å². The van der Waals surface area contributed by atoms with Crippen LogP contribution in [0.1, 0.15) is 24.4 Å². The highest BCUT2D eigenvalue weighted by Gasteiger charge is 2.29. The molecule has 2 aliphatic heterocycles. The van der Waals surface area contributed by atoms with Gasteiger partial charge < -0.3 is 14.8 Å². The van der Waals surface area contributed by atoms with E-state index in [-0.39, 0.29) is 18.7 Å². The Kier molecular flexibility index (Phi) is 4.63. The first-order valence-corrected chi connectivity index (χ1v) is 9.17. The molecule has 0 spiro atoms. The molecule has 1 unspecified atom stereocenters. The minimum atomic E-state index is 0.00923. The van der Waals surface area contributed by atoms with Gasteiger partial charge in [0.05, 0.1) is 6.54 Å². The fraction of sp³-hybridized carbons (Fsp3) is 0.316. The molecule has 1 amide bonds. The van der Waals surface area contributed by atoms with Crippen molar-refractivity contribution in [2.45, 2.75) is 18.9 Å². The van der Waals surface area contributed by atoms with Crippen molar-refractivity contribution in [3.63, 3.8) is 0 Å². The van der Waals surface area contributed by atoms with Gasteiger partial charge in [-0.3, -0.25) is 9.69 Å². The fourth-order valence-electron chi connectivity index (χ4n) is 3.43. The summed E-state index contributed by atoms with van der Waals surface area (Å²) in [5.74, 6) is 1.60. The highest BCUT2D eigenvalue weighted by atomic mass is 79.9. The molecule has 1 atom stereocenters. The van der Waals surface area contributed by atoms with Crippen molar-refractivity contribution < 1.29 is 14.3 Å². The molecule has 2 aromatic carbocycles. The van der Waals surface area contributed by atoms with Crippen LogP contribution in [0.25, 0.3) is 0 Å². The van der Waals surface area contributed by atoms with Crippen LogP contribution >= 0.6 is 15.9 Å². The van der Waals surface area contributed by atoms with E-state index in [2.05, 4.69) is 32.2 Å². The summed E-state index contributed by atoms with van der Waals surface area (Å²) in [6.45, 7) is 1.59. The molecule has 1 fully saturated rings. The SMILES string of the molecule is O=C(CN1CCCC1c1ccc2c(c1)OCO2)Nc1ccc(Br)cc1. The second-order valence-corrected chi connectivity index (χ2v) is 7.21. The molecular weight excluding hydrogens is 384 g/mol. The number of carbonyl (C=O) groups excluding carboxylic acids is 1. The van der Waals surface area contributed by atoms with Crippen LogP contribution in [0.5, 0.6) is 11.5 Å². The molecule has 1 saturated heterocycles. The lowest BCUT2D eigenvalue weighted by atomic mass is 10.0. The third-order valence-corrected chi connectivity index (χ3v) is 5.15. The number of anilines is 1. The zero-order valence-corrected chi connectivity index (χ0v) is 15.3. The average molecular weight is 403 g/mol. The summed E-state index contributed by atoms with van der Waals surface area (Å²) in [6, 6.07) is 13.9. The number of hydrogen-bond acceptors (Lipinski definition) is 4. The van der Waals surface area contributed by atoms with Gasteiger partial charge in [-0.2, -0.15) is 0 Å². The Balaban J connectivity index is 1.42. The van der Waals surface area contributed by atoms with Gasteiger partial charge in [-0.25, -0.2) is 0 Å². The topological polar surface area (TPSA) is 50.8 Å². The highest BCUT2D eigenvalue weighted by Crippen LogP contribution is 2.38. The van der Waals surface area contributed by atoms with Gasteiger partial charge in [0, 0.05) is 16.2 Å². The average Bonchev–Trinajstić information content (AvgIpc) is 3.25. The highest BCUT2D eigenvalue weighted by molar-refractivity contribution is 9.10. The van der Waals surface area contributed by atoms with Crippen LogP contribution in [0.15, 0.2) is 46.9 Å². The Morgan fingerprint density at radius 3 is 2.80 bits per heavy atom. The van der Waals surface area contributed by atoms with Crippen LogP contribution in [0.3, 0.4) is 0 Å². The molecular formula is C19H19BrN2O3. The summed E-state index contributed by atoms with van der Waals surface area (Å²) in [6.07, 6.45) is 2.13. The van der Waals surface area contributed by atoms with Crippen LogP contribution in [-0.2, 0) is 4.79 Å². The summed E-state index contributed by atoms with van der Waals surface area (Å²) in [7, 11) is 0. The molecule has 2 aliphatic rings. The molecule has 130 valence electrons. The second-order valence-electron chi connectivity index (χ2n) is 6.30. The van der Waals surface area contributed by atoms with E-state index in [1.54, 1.807) is 0 Å². The molecule has 0 saturated carbocycles. The van der Waals surface area contributed by atoms with Crippen molar-refractivity contribution in [1.82, 2.24) is 4.90 Å². The van der Waals surface area contributed by atoms with Crippen LogP contribution in [0, 0.1) is 0 Å². The molecule has 0 bridgehead atoms. The Bertz CT molecular complexity index is 779. The van der Waals surface area contributed by atoms with Crippen LogP contribution < -0.4 is 14.8 Å². The van der Waals surface area contributed by atoms with Crippen LogP contribution in [-0.4, -0.2) is 30.7 Å². The van der Waals surface area contributed by atoms with Gasteiger partial charge in [0.1, 0.15) is 0 Å². The van der Waals surface area contributed by atoms with E-state index in [9.17, 15) is 4.79 Å². The third kappa shape index (κ3) is 3.65. The molecule has 2 aromatic rings. The standard InChI is InChI=1S/C19H19BrN2O3/c20-14-4-6-15(7-5-14)21-19(23)11-22-9-1-2-16(22)13-3-8-17-18(10-13)25-12-24-17/h3-8,10,16H,1-2,9,11-12H2,(H,21,23). The Labute approximate surface area is 155 Å². The molecule has 4 rings (SSSR count). The predicted octanol–water partition coefficient (Wildman–Crippen LogP) is 3.95. The van der Waals surface area contributed by atoms with E-state index in [4.69, 9.17) is 9.47 Å². The van der Waals surface area contributed by atoms with Crippen LogP contribution in [0.2, 0.25) is 0 Å². The Morgan fingerprint density at radius 1 is 1.16 bits per heavy atom. The number of ether oxygens (including phenoxy) is 2. The number of nitrogens with one attached hydrogen (secondary N) is 1. The number of nitrogens with zero attached hydrogens (tertiary/aromatic N) is 1. The van der Waals surface area contributed by atoms with E-state index < -0.39 is 0 Å². The quantitative estimate of drug-likeness (QED) is 0.840. The largest absolute Gasteiger partial charge is 0.454 e. The molecule has 25 heavy (non-hydrogen) atoms. The lowest BCUT2D eigenvalue weighted by molar-refractivity contribution is -0.117. The maximum Gasteiger partial charge on any atom is 0.238 e. The first-order valence-electron chi connectivity index (χ1n) is 8.38. The number of carbonyl (C=O) groups is 1. The Hall–Kier alpha value is -2.05. The smallest absolute Gasteiger partial charge is 0.238 e. The van der Waals surface area contributed by atoms with Crippen molar-refractivity contribution in [3.8, 4) is 11.5 Å². The molecule has 1 N–H and O–H groups in total. The van der Waals surface area contributed by atoms with Crippen molar-refractivity contribution in [2.75, 3.05) is 25.2 Å². The predicted molar refractivity (Wildman–Crippen MR) is 98.9 cm³/mol. The van der Waals surface area contributed by atoms with Gasteiger partial charge in [0.25, 0.3) is 0 Å². The summed E-state index contributed by atoms with van der Waals surface area (Å²) in [5, 5.41) is 2.96. The van der Waals surface area contributed by atoms with Gasteiger partial charge >= 0.3 is 0 Å². The minimum Gasteiger partial charge on any atom is -0.454 e. The molecule has 0 radical (unpaired) electrons. The normalized spacial score (nSPS) is 19.2. The lowest BCUT2D eigenvalue weighted by Crippen LogP contribution is -2.32. The second kappa shape index (κ2) is 7.06. The van der Waals surface area contributed by atoms with Gasteiger partial charge in [0.15, 0.2) is 11.5 Å². The summed E-state index contributed by atoms with van der Waals surface area (Å²) >= 11 is 3.40. The fourth-order valence-corrected chi connectivity index (χ4v) is 3.70. The Morgan fingerprint density at radius 2 is 1.96 bits per heavy atom. The number of amides is 1. The van der Waals surface area contributed by atoms with Gasteiger partial charge in [0.2, 0.25) is 12.7 Å². The van der Waals surface area contributed by atoms with E-state index in [0.29, 0.717) is 6.54 Å². The van der Waals surface area contributed by atoms with Gasteiger partial charge in [-0.15, -0.1) is 0 Å². The summed E-state index contributed by atoms with van der Waals surface area (Å²) in [5.41, 5.74) is 1.99. The summed E-state index contributed by atoms with van der Waals surface area (Å²) < 4.78 is 11.9. The summed E-state index contributed by atoms with van der Waals surface area (Å²) in [4.78, 5) is 14.6. The van der Waals surface area contributed by atoms with Crippen LogP contribution in [0.4, 0.5) is 5.69 Å². The monoisotopic (exact) mass is 402 g/mol. The first-order chi connectivity index (χ1) is 12.2. The molecule has 2 heterocycles. The zero-order chi connectivity index (χ0) is 17.2. The molecule has 6 heteroatoms. The minimum absolute atomic E-state index is 0.00923. The molecule has 0 aliphatic carbocycles. The maximum absolute atomic E-state index is 12.4. The molecule has 5 nitrogen and oxygen atoms in total. The van der Waals surface area contributed by atoms with Crippen molar-refractivity contribution >= 4 is 27.5 Å². The number of likely N-dealkylation sites (tertiary alicyclic amines) is 1. The van der Waals surface area contributed by atoms with Gasteiger partial charge in [-0.1, -0.05) is 22.0 Å². The van der Waals surface area contributed by atoms with Crippen molar-refractivity contribution in [2.24, 2.45) is 0 Å². The maximum atomic E-state index is 12.4. The first kappa shape index (κ1) is 16.4.